The molecule has 0 aromatic heterocycles. The number of carbonyl (C=O) groups is 2. The van der Waals surface area contributed by atoms with Gasteiger partial charge in [0.25, 0.3) is 5.91 Å². The molecule has 1 aromatic carbocycles. The highest BCUT2D eigenvalue weighted by Gasteiger charge is 2.50. The maximum absolute atomic E-state index is 13.2. The van der Waals surface area contributed by atoms with E-state index >= 15 is 0 Å². The van der Waals surface area contributed by atoms with Crippen molar-refractivity contribution in [3.63, 3.8) is 0 Å². The van der Waals surface area contributed by atoms with Gasteiger partial charge in [0.1, 0.15) is 0 Å². The molecule has 5 nitrogen and oxygen atoms in total. The van der Waals surface area contributed by atoms with Crippen molar-refractivity contribution in [2.75, 3.05) is 31.5 Å². The Balaban J connectivity index is 1.36. The standard InChI is InChI=1S/C24H35N3O2/c1-23(2)13-20-14-24(3,16-23)17-27(20)22(29)18-7-9-19(10-8-18)25-21(28)15-26-11-5-4-6-12-26/h7-10,20H,4-6,11-17H2,1-3H3,(H,25,28). The Labute approximate surface area is 174 Å². The van der Waals surface area contributed by atoms with Crippen molar-refractivity contribution in [1.82, 2.24) is 9.80 Å². The molecule has 158 valence electrons. The van der Waals surface area contributed by atoms with Gasteiger partial charge in [-0.1, -0.05) is 27.2 Å². The Morgan fingerprint density at radius 3 is 2.41 bits per heavy atom. The second-order valence-electron chi connectivity index (χ2n) is 10.6. The smallest absolute Gasteiger partial charge is 0.254 e. The first-order chi connectivity index (χ1) is 13.7. The molecule has 2 bridgehead atoms. The summed E-state index contributed by atoms with van der Waals surface area (Å²) in [5.41, 5.74) is 2.02. The van der Waals surface area contributed by atoms with Crippen molar-refractivity contribution in [3.8, 4) is 0 Å². The van der Waals surface area contributed by atoms with Crippen LogP contribution in [0.3, 0.4) is 0 Å². The predicted molar refractivity (Wildman–Crippen MR) is 116 cm³/mol. The Morgan fingerprint density at radius 1 is 1.03 bits per heavy atom. The lowest BCUT2D eigenvalue weighted by Gasteiger charge is -2.39. The zero-order valence-electron chi connectivity index (χ0n) is 18.2. The summed E-state index contributed by atoms with van der Waals surface area (Å²) in [7, 11) is 0. The monoisotopic (exact) mass is 397 g/mol. The lowest BCUT2D eigenvalue weighted by molar-refractivity contribution is -0.117. The van der Waals surface area contributed by atoms with E-state index in [1.165, 1.54) is 25.7 Å². The molecular formula is C24H35N3O2. The van der Waals surface area contributed by atoms with E-state index in [1.807, 2.05) is 24.3 Å². The van der Waals surface area contributed by atoms with Gasteiger partial charge in [-0.2, -0.15) is 0 Å². The van der Waals surface area contributed by atoms with E-state index in [0.29, 0.717) is 23.6 Å². The fourth-order valence-electron chi connectivity index (χ4n) is 6.08. The van der Waals surface area contributed by atoms with Crippen molar-refractivity contribution >= 4 is 17.5 Å². The molecule has 29 heavy (non-hydrogen) atoms. The van der Waals surface area contributed by atoms with Crippen LogP contribution >= 0.6 is 0 Å². The molecule has 2 heterocycles. The molecule has 2 unspecified atom stereocenters. The average Bonchev–Trinajstić information content (AvgIpc) is 2.91. The van der Waals surface area contributed by atoms with Gasteiger partial charge in [0.05, 0.1) is 6.54 Å². The molecule has 2 amide bonds. The van der Waals surface area contributed by atoms with Gasteiger partial charge < -0.3 is 10.2 Å². The first kappa shape index (κ1) is 20.4. The first-order valence-electron chi connectivity index (χ1n) is 11.2. The van der Waals surface area contributed by atoms with E-state index in [-0.39, 0.29) is 17.2 Å². The minimum Gasteiger partial charge on any atom is -0.335 e. The van der Waals surface area contributed by atoms with Crippen molar-refractivity contribution in [2.24, 2.45) is 10.8 Å². The van der Waals surface area contributed by atoms with E-state index in [0.717, 1.165) is 38.2 Å². The molecule has 1 aromatic rings. The first-order valence-corrected chi connectivity index (χ1v) is 11.2. The molecule has 0 spiro atoms. The summed E-state index contributed by atoms with van der Waals surface area (Å²) in [6.45, 7) is 10.3. The van der Waals surface area contributed by atoms with Crippen LogP contribution in [-0.4, -0.2) is 53.8 Å². The van der Waals surface area contributed by atoms with Crippen LogP contribution in [0, 0.1) is 10.8 Å². The molecule has 4 rings (SSSR count). The quantitative estimate of drug-likeness (QED) is 0.830. The topological polar surface area (TPSA) is 52.7 Å². The molecular weight excluding hydrogens is 362 g/mol. The van der Waals surface area contributed by atoms with Crippen LogP contribution in [0.15, 0.2) is 24.3 Å². The van der Waals surface area contributed by atoms with E-state index < -0.39 is 0 Å². The third-order valence-corrected chi connectivity index (χ3v) is 6.91. The van der Waals surface area contributed by atoms with Crippen LogP contribution < -0.4 is 5.32 Å². The van der Waals surface area contributed by atoms with Crippen LogP contribution in [0.1, 0.15) is 69.7 Å². The molecule has 1 aliphatic carbocycles. The number of fused-ring (bicyclic) bond motifs is 2. The fraction of sp³-hybridized carbons (Fsp3) is 0.667. The normalized spacial score (nSPS) is 28.9. The van der Waals surface area contributed by atoms with Crippen molar-refractivity contribution < 1.29 is 9.59 Å². The minimum absolute atomic E-state index is 0.0227. The summed E-state index contributed by atoms with van der Waals surface area (Å²) >= 11 is 0. The molecule has 2 aliphatic heterocycles. The summed E-state index contributed by atoms with van der Waals surface area (Å²) in [4.78, 5) is 29.8. The fourth-order valence-corrected chi connectivity index (χ4v) is 6.08. The van der Waals surface area contributed by atoms with Gasteiger partial charge in [-0.15, -0.1) is 0 Å². The number of nitrogens with zero attached hydrogens (tertiary/aromatic N) is 2. The van der Waals surface area contributed by atoms with Crippen LogP contribution in [0.4, 0.5) is 5.69 Å². The SMILES string of the molecule is CC1(C)CC2CC(C)(CN2C(=O)c2ccc(NC(=O)CN3CCCCC3)cc2)C1. The van der Waals surface area contributed by atoms with Gasteiger partial charge >= 0.3 is 0 Å². The minimum atomic E-state index is 0.0227. The zero-order chi connectivity index (χ0) is 20.6. The van der Waals surface area contributed by atoms with Gasteiger partial charge in [0.2, 0.25) is 5.91 Å². The Morgan fingerprint density at radius 2 is 1.72 bits per heavy atom. The van der Waals surface area contributed by atoms with Crippen LogP contribution in [0.25, 0.3) is 0 Å². The number of piperidine rings is 1. The van der Waals surface area contributed by atoms with Crippen molar-refractivity contribution in [1.29, 1.82) is 0 Å². The number of rotatable bonds is 4. The lowest BCUT2D eigenvalue weighted by atomic mass is 9.65. The number of hydrogen-bond donors (Lipinski definition) is 1. The van der Waals surface area contributed by atoms with E-state index in [9.17, 15) is 9.59 Å². The number of benzene rings is 1. The third kappa shape index (κ3) is 4.66. The second kappa shape index (κ2) is 7.75. The van der Waals surface area contributed by atoms with E-state index in [4.69, 9.17) is 0 Å². The van der Waals surface area contributed by atoms with Crippen molar-refractivity contribution in [3.05, 3.63) is 29.8 Å². The summed E-state index contributed by atoms with van der Waals surface area (Å²) in [5, 5.41) is 2.97. The maximum Gasteiger partial charge on any atom is 0.254 e. The van der Waals surface area contributed by atoms with Gasteiger partial charge in [-0.3, -0.25) is 14.5 Å². The lowest BCUT2D eigenvalue weighted by Crippen LogP contribution is -2.37. The van der Waals surface area contributed by atoms with E-state index in [2.05, 4.69) is 35.9 Å². The average molecular weight is 398 g/mol. The van der Waals surface area contributed by atoms with Gasteiger partial charge in [0, 0.05) is 23.8 Å². The number of anilines is 1. The molecule has 3 fully saturated rings. The summed E-state index contributed by atoms with van der Waals surface area (Å²) in [6.07, 6.45) is 7.01. The highest BCUT2D eigenvalue weighted by Crippen LogP contribution is 2.52. The van der Waals surface area contributed by atoms with E-state index in [1.54, 1.807) is 0 Å². The molecule has 5 heteroatoms. The Hall–Kier alpha value is -1.88. The number of carbonyl (C=O) groups excluding carboxylic acids is 2. The molecule has 0 radical (unpaired) electrons. The highest BCUT2D eigenvalue weighted by molar-refractivity contribution is 5.96. The van der Waals surface area contributed by atoms with Crippen LogP contribution in [-0.2, 0) is 4.79 Å². The Kier molecular flexibility index (Phi) is 5.45. The number of likely N-dealkylation sites (tertiary alicyclic amines) is 2. The van der Waals surface area contributed by atoms with Gasteiger partial charge in [-0.25, -0.2) is 0 Å². The number of amides is 2. The summed E-state index contributed by atoms with van der Waals surface area (Å²) in [6, 6.07) is 7.77. The number of hydrogen-bond acceptors (Lipinski definition) is 3. The predicted octanol–water partition coefficient (Wildman–Crippen LogP) is 4.15. The molecule has 3 aliphatic rings. The number of nitrogens with one attached hydrogen (secondary N) is 1. The summed E-state index contributed by atoms with van der Waals surface area (Å²) in [5.74, 6) is 0.150. The zero-order valence-corrected chi connectivity index (χ0v) is 18.2. The van der Waals surface area contributed by atoms with Crippen molar-refractivity contribution in [2.45, 2.75) is 65.3 Å². The Bertz CT molecular complexity index is 767. The molecule has 1 saturated carbocycles. The third-order valence-electron chi connectivity index (χ3n) is 6.91. The van der Waals surface area contributed by atoms with Crippen LogP contribution in [0.2, 0.25) is 0 Å². The van der Waals surface area contributed by atoms with Crippen LogP contribution in [0.5, 0.6) is 0 Å². The second-order valence-corrected chi connectivity index (χ2v) is 10.6. The molecule has 1 N–H and O–H groups in total. The molecule has 2 saturated heterocycles. The summed E-state index contributed by atoms with van der Waals surface area (Å²) < 4.78 is 0. The largest absolute Gasteiger partial charge is 0.335 e. The maximum atomic E-state index is 13.2. The molecule has 2 atom stereocenters. The van der Waals surface area contributed by atoms with Gasteiger partial charge in [0.15, 0.2) is 0 Å². The highest BCUT2D eigenvalue weighted by atomic mass is 16.2. The van der Waals surface area contributed by atoms with Gasteiger partial charge in [-0.05, 0) is 80.3 Å².